The Balaban J connectivity index is 0.00000392. The van der Waals surface area contributed by atoms with Gasteiger partial charge in [0.15, 0.2) is 17.5 Å². The number of halogens is 3. The number of nitrogens with one attached hydrogen (secondary N) is 2. The van der Waals surface area contributed by atoms with Crippen LogP contribution in [-0.2, 0) is 17.9 Å². The zero-order chi connectivity index (χ0) is 19.8. The van der Waals surface area contributed by atoms with E-state index < -0.39 is 5.82 Å². The first-order valence-electron chi connectivity index (χ1n) is 8.55. The van der Waals surface area contributed by atoms with Gasteiger partial charge in [-0.3, -0.25) is 4.99 Å². The molecule has 0 aliphatic heterocycles. The molecule has 0 aromatic heterocycles. The molecule has 1 atom stereocenters. The first-order valence-corrected chi connectivity index (χ1v) is 8.55. The predicted molar refractivity (Wildman–Crippen MR) is 117 cm³/mol. The summed E-state index contributed by atoms with van der Waals surface area (Å²) >= 11 is 0. The Morgan fingerprint density at radius 3 is 2.46 bits per heavy atom. The minimum Gasteiger partial charge on any atom is -0.494 e. The standard InChI is InChI=1S/C20H25F2N3O2.HI/c1-13(15-6-8-19(27-4)18(22)10-15)25-20(23-2)24-11-14-5-7-17(21)16(9-14)12-26-3;/h5-10,13H,11-12H2,1-4H3,(H2,23,24,25);1H. The highest BCUT2D eigenvalue weighted by Gasteiger charge is 2.11. The molecule has 0 heterocycles. The summed E-state index contributed by atoms with van der Waals surface area (Å²) in [6.45, 7) is 2.58. The van der Waals surface area contributed by atoms with Crippen LogP contribution in [0.15, 0.2) is 41.4 Å². The molecule has 2 N–H and O–H groups in total. The lowest BCUT2D eigenvalue weighted by molar-refractivity contribution is 0.181. The first kappa shape index (κ1) is 24.1. The van der Waals surface area contributed by atoms with Gasteiger partial charge >= 0.3 is 0 Å². The van der Waals surface area contributed by atoms with Crippen LogP contribution in [0.25, 0.3) is 0 Å². The summed E-state index contributed by atoms with van der Waals surface area (Å²) in [5, 5.41) is 6.37. The molecule has 0 radical (unpaired) electrons. The lowest BCUT2D eigenvalue weighted by Crippen LogP contribution is -2.38. The molecule has 28 heavy (non-hydrogen) atoms. The van der Waals surface area contributed by atoms with Gasteiger partial charge in [-0.1, -0.05) is 12.1 Å². The minimum atomic E-state index is -0.413. The van der Waals surface area contributed by atoms with Crippen molar-refractivity contribution in [1.29, 1.82) is 0 Å². The Kier molecular flexibility index (Phi) is 10.2. The zero-order valence-electron chi connectivity index (χ0n) is 16.4. The van der Waals surface area contributed by atoms with Gasteiger partial charge in [0.25, 0.3) is 0 Å². The maximum Gasteiger partial charge on any atom is 0.191 e. The van der Waals surface area contributed by atoms with Gasteiger partial charge < -0.3 is 20.1 Å². The Morgan fingerprint density at radius 2 is 1.86 bits per heavy atom. The van der Waals surface area contributed by atoms with E-state index >= 15 is 0 Å². The van der Waals surface area contributed by atoms with Crippen molar-refractivity contribution in [3.63, 3.8) is 0 Å². The van der Waals surface area contributed by atoms with Gasteiger partial charge in [0.05, 0.1) is 19.8 Å². The average Bonchev–Trinajstić information content (AvgIpc) is 2.67. The van der Waals surface area contributed by atoms with Crippen molar-refractivity contribution >= 4 is 29.9 Å². The molecule has 0 aliphatic carbocycles. The lowest BCUT2D eigenvalue weighted by atomic mass is 10.1. The molecule has 0 fully saturated rings. The van der Waals surface area contributed by atoms with Crippen molar-refractivity contribution in [3.8, 4) is 5.75 Å². The van der Waals surface area contributed by atoms with Gasteiger partial charge in [0.1, 0.15) is 5.82 Å². The van der Waals surface area contributed by atoms with Crippen LogP contribution in [0, 0.1) is 11.6 Å². The predicted octanol–water partition coefficient (Wildman–Crippen LogP) is 4.16. The highest BCUT2D eigenvalue weighted by molar-refractivity contribution is 14.0. The number of benzene rings is 2. The van der Waals surface area contributed by atoms with E-state index in [1.165, 1.54) is 26.4 Å². The second kappa shape index (κ2) is 11.8. The van der Waals surface area contributed by atoms with Crippen LogP contribution in [0.1, 0.15) is 29.7 Å². The fourth-order valence-electron chi connectivity index (χ4n) is 2.62. The fourth-order valence-corrected chi connectivity index (χ4v) is 2.62. The first-order chi connectivity index (χ1) is 13.0. The van der Waals surface area contributed by atoms with Gasteiger partial charge in [0.2, 0.25) is 0 Å². The summed E-state index contributed by atoms with van der Waals surface area (Å²) < 4.78 is 37.5. The van der Waals surface area contributed by atoms with Crippen LogP contribution < -0.4 is 15.4 Å². The summed E-state index contributed by atoms with van der Waals surface area (Å²) in [6.07, 6.45) is 0. The second-order valence-electron chi connectivity index (χ2n) is 6.04. The topological polar surface area (TPSA) is 54.9 Å². The average molecular weight is 505 g/mol. The molecule has 5 nitrogen and oxygen atoms in total. The SMILES string of the molecule is CN=C(NCc1ccc(F)c(COC)c1)NC(C)c1ccc(OC)c(F)c1.I. The van der Waals surface area contributed by atoms with Crippen molar-refractivity contribution in [2.75, 3.05) is 21.3 Å². The molecule has 2 aromatic rings. The Hall–Kier alpha value is -1.94. The monoisotopic (exact) mass is 505 g/mol. The van der Waals surface area contributed by atoms with Crippen molar-refractivity contribution in [3.05, 3.63) is 64.7 Å². The molecule has 8 heteroatoms. The number of ether oxygens (including phenoxy) is 2. The zero-order valence-corrected chi connectivity index (χ0v) is 18.7. The third kappa shape index (κ3) is 6.59. The van der Waals surface area contributed by atoms with Crippen LogP contribution in [-0.4, -0.2) is 27.2 Å². The molecule has 0 aliphatic rings. The smallest absolute Gasteiger partial charge is 0.191 e. The second-order valence-corrected chi connectivity index (χ2v) is 6.04. The van der Waals surface area contributed by atoms with Crippen molar-refractivity contribution in [2.24, 2.45) is 4.99 Å². The number of hydrogen-bond acceptors (Lipinski definition) is 3. The summed E-state index contributed by atoms with van der Waals surface area (Å²) in [4.78, 5) is 4.18. The van der Waals surface area contributed by atoms with E-state index in [0.29, 0.717) is 18.1 Å². The van der Waals surface area contributed by atoms with Crippen molar-refractivity contribution in [1.82, 2.24) is 10.6 Å². The molecule has 0 bridgehead atoms. The van der Waals surface area contributed by atoms with Gasteiger partial charge in [-0.2, -0.15) is 0 Å². The minimum absolute atomic E-state index is 0. The number of aliphatic imine (C=N–C) groups is 1. The normalized spacial score (nSPS) is 12.1. The number of nitrogens with zero attached hydrogens (tertiary/aromatic N) is 1. The van der Waals surface area contributed by atoms with Crippen molar-refractivity contribution < 1.29 is 18.3 Å². The van der Waals surface area contributed by atoms with Crippen LogP contribution in [0.5, 0.6) is 5.75 Å². The molecule has 154 valence electrons. The summed E-state index contributed by atoms with van der Waals surface area (Å²) in [7, 11) is 4.61. The highest BCUT2D eigenvalue weighted by Crippen LogP contribution is 2.21. The Bertz CT molecular complexity index is 803. The summed E-state index contributed by atoms with van der Waals surface area (Å²) in [6, 6.07) is 9.52. The lowest BCUT2D eigenvalue weighted by Gasteiger charge is -2.19. The molecule has 2 aromatic carbocycles. The Labute approximate surface area is 181 Å². The molecule has 0 saturated heterocycles. The highest BCUT2D eigenvalue weighted by atomic mass is 127. The van der Waals surface area contributed by atoms with E-state index in [1.54, 1.807) is 31.3 Å². The maximum atomic E-state index is 13.9. The molecule has 1 unspecified atom stereocenters. The van der Waals surface area contributed by atoms with Crippen LogP contribution in [0.2, 0.25) is 0 Å². The van der Waals surface area contributed by atoms with E-state index in [9.17, 15) is 8.78 Å². The summed E-state index contributed by atoms with van der Waals surface area (Å²) in [5.41, 5.74) is 2.16. The molecular weight excluding hydrogens is 479 g/mol. The number of guanidine groups is 1. The van der Waals surface area contributed by atoms with E-state index in [2.05, 4.69) is 15.6 Å². The number of rotatable bonds is 7. The van der Waals surface area contributed by atoms with E-state index in [-0.39, 0.29) is 48.2 Å². The number of methoxy groups -OCH3 is 2. The molecule has 2 rings (SSSR count). The molecule has 0 amide bonds. The van der Waals surface area contributed by atoms with Gasteiger partial charge in [-0.15, -0.1) is 24.0 Å². The summed E-state index contributed by atoms with van der Waals surface area (Å²) in [5.74, 6) is 0.0508. The third-order valence-corrected chi connectivity index (χ3v) is 4.12. The molecular formula is C20H26F2IN3O2. The van der Waals surface area contributed by atoms with Gasteiger partial charge in [-0.25, -0.2) is 8.78 Å². The fraction of sp³-hybridized carbons (Fsp3) is 0.350. The van der Waals surface area contributed by atoms with Crippen molar-refractivity contribution in [2.45, 2.75) is 26.1 Å². The van der Waals surface area contributed by atoms with E-state index in [1.807, 2.05) is 6.92 Å². The third-order valence-electron chi connectivity index (χ3n) is 4.12. The van der Waals surface area contributed by atoms with Gasteiger partial charge in [-0.05, 0) is 42.3 Å². The number of hydrogen-bond donors (Lipinski definition) is 2. The van der Waals surface area contributed by atoms with Gasteiger partial charge in [0, 0.05) is 26.3 Å². The van der Waals surface area contributed by atoms with Crippen LogP contribution in [0.3, 0.4) is 0 Å². The molecule has 0 saturated carbocycles. The van der Waals surface area contributed by atoms with Crippen LogP contribution in [0.4, 0.5) is 8.78 Å². The molecule has 0 spiro atoms. The quantitative estimate of drug-likeness (QED) is 0.337. The Morgan fingerprint density at radius 1 is 1.11 bits per heavy atom. The maximum absolute atomic E-state index is 13.9. The van der Waals surface area contributed by atoms with E-state index in [4.69, 9.17) is 9.47 Å². The van der Waals surface area contributed by atoms with Crippen LogP contribution >= 0.6 is 24.0 Å². The largest absolute Gasteiger partial charge is 0.494 e. The van der Waals surface area contributed by atoms with E-state index in [0.717, 1.165) is 11.1 Å².